The van der Waals surface area contributed by atoms with Gasteiger partial charge in [-0.15, -0.1) is 0 Å². The zero-order chi connectivity index (χ0) is 29.0. The molecule has 0 saturated heterocycles. The van der Waals surface area contributed by atoms with Gasteiger partial charge in [-0.1, -0.05) is 50.7 Å². The molecular weight excluding hydrogens is 506 g/mol. The Labute approximate surface area is 243 Å². The van der Waals surface area contributed by atoms with E-state index in [-0.39, 0.29) is 5.91 Å². The number of hydrogen-bond acceptors (Lipinski definition) is 2. The van der Waals surface area contributed by atoms with Crippen molar-refractivity contribution in [1.82, 2.24) is 4.90 Å². The van der Waals surface area contributed by atoms with E-state index >= 15 is 0 Å². The number of hydrogen-bond donors (Lipinski definition) is 0. The number of benzene rings is 2. The van der Waals surface area contributed by atoms with Crippen LogP contribution in [0.5, 0.6) is 0 Å². The van der Waals surface area contributed by atoms with Gasteiger partial charge in [0.05, 0.1) is 0 Å². The van der Waals surface area contributed by atoms with Crippen molar-refractivity contribution in [3.8, 4) is 0 Å². The molecule has 2 aliphatic rings. The van der Waals surface area contributed by atoms with Crippen LogP contribution >= 0.6 is 0 Å². The van der Waals surface area contributed by atoms with Crippen molar-refractivity contribution in [3.63, 3.8) is 0 Å². The first-order chi connectivity index (χ1) is 19.2. The first-order valence-corrected chi connectivity index (χ1v) is 18.2. The van der Waals surface area contributed by atoms with Crippen LogP contribution in [-0.4, -0.2) is 68.9 Å². The number of carbonyl (C=O) groups excluding carboxylic acids is 1. The summed E-state index contributed by atoms with van der Waals surface area (Å²) in [5, 5.41) is 2.91. The van der Waals surface area contributed by atoms with Crippen molar-refractivity contribution in [3.05, 3.63) is 88.2 Å². The van der Waals surface area contributed by atoms with Crippen molar-refractivity contribution >= 4 is 36.1 Å². The standard InChI is InChI=1S/C35H48N3OSi/c1-9-14-23-36(6)35(39)29-18-16-15-17-28(29)34-30-21-19-26(37(10-2)11-3)24-32(30)40(7,8)33-25-27(20-22-31(33)34)38(12-4)13-5/h15-22,24-25H,9-14,23H2,1-8H3/q+1. The summed E-state index contributed by atoms with van der Waals surface area (Å²) in [5.74, 6) is 0.0984. The highest BCUT2D eigenvalue weighted by molar-refractivity contribution is 6.98. The number of nitrogens with zero attached hydrogens (tertiary/aromatic N) is 3. The molecule has 0 bridgehead atoms. The molecule has 1 amide bonds. The van der Waals surface area contributed by atoms with Crippen LogP contribution in [0.3, 0.4) is 0 Å². The van der Waals surface area contributed by atoms with Gasteiger partial charge in [-0.05, 0) is 91.0 Å². The van der Waals surface area contributed by atoms with Gasteiger partial charge in [-0.2, -0.15) is 0 Å². The molecule has 0 fully saturated rings. The second kappa shape index (κ2) is 12.6. The van der Waals surface area contributed by atoms with Crippen molar-refractivity contribution in [2.75, 3.05) is 44.7 Å². The number of unbranched alkanes of at least 4 members (excludes halogenated alkanes) is 1. The number of carbonyl (C=O) groups is 1. The Morgan fingerprint density at radius 3 is 2.25 bits per heavy atom. The lowest BCUT2D eigenvalue weighted by Gasteiger charge is -2.39. The number of allylic oxidation sites excluding steroid dienone is 5. The molecule has 4 nitrogen and oxygen atoms in total. The number of anilines is 1. The molecule has 4 rings (SSSR count). The van der Waals surface area contributed by atoms with Crippen molar-refractivity contribution < 1.29 is 9.37 Å². The van der Waals surface area contributed by atoms with Gasteiger partial charge in [0.2, 0.25) is 0 Å². The molecule has 0 N–H and O–H groups in total. The Morgan fingerprint density at radius 2 is 1.60 bits per heavy atom. The van der Waals surface area contributed by atoms with Crippen molar-refractivity contribution in [2.24, 2.45) is 0 Å². The van der Waals surface area contributed by atoms with E-state index in [1.807, 2.05) is 24.1 Å². The van der Waals surface area contributed by atoms with Gasteiger partial charge in [0.1, 0.15) is 21.2 Å². The van der Waals surface area contributed by atoms with Gasteiger partial charge in [0.25, 0.3) is 5.91 Å². The van der Waals surface area contributed by atoms with Gasteiger partial charge in [-0.3, -0.25) is 4.79 Å². The predicted octanol–water partition coefficient (Wildman–Crippen LogP) is 6.66. The average molecular weight is 555 g/mol. The molecule has 0 radical (unpaired) electrons. The minimum absolute atomic E-state index is 0.0984. The lowest BCUT2D eigenvalue weighted by atomic mass is 9.87. The minimum atomic E-state index is -2.07. The largest absolute Gasteiger partial charge is 0.372 e. The highest BCUT2D eigenvalue weighted by Crippen LogP contribution is 2.43. The molecule has 2 aromatic carbocycles. The molecule has 0 atom stereocenters. The van der Waals surface area contributed by atoms with Gasteiger partial charge in [0, 0.05) is 50.1 Å². The summed E-state index contributed by atoms with van der Waals surface area (Å²) >= 11 is 0. The van der Waals surface area contributed by atoms with Crippen molar-refractivity contribution in [2.45, 2.75) is 60.6 Å². The molecule has 5 heteroatoms. The van der Waals surface area contributed by atoms with E-state index in [9.17, 15) is 4.79 Å². The quantitative estimate of drug-likeness (QED) is 0.242. The van der Waals surface area contributed by atoms with E-state index in [4.69, 9.17) is 0 Å². The van der Waals surface area contributed by atoms with E-state index in [1.165, 1.54) is 38.5 Å². The van der Waals surface area contributed by atoms with E-state index in [0.717, 1.165) is 56.7 Å². The van der Waals surface area contributed by atoms with Gasteiger partial charge in [-0.25, -0.2) is 4.58 Å². The zero-order valence-electron chi connectivity index (χ0n) is 26.0. The van der Waals surface area contributed by atoms with Gasteiger partial charge >= 0.3 is 0 Å². The summed E-state index contributed by atoms with van der Waals surface area (Å²) < 4.78 is 2.44. The Balaban J connectivity index is 2.03. The Kier molecular flexibility index (Phi) is 9.35. The predicted molar refractivity (Wildman–Crippen MR) is 175 cm³/mol. The van der Waals surface area contributed by atoms with Crippen LogP contribution < -0.4 is 10.1 Å². The molecule has 2 aromatic rings. The van der Waals surface area contributed by atoms with Crippen LogP contribution in [0.4, 0.5) is 5.69 Å². The van der Waals surface area contributed by atoms with Crippen LogP contribution in [0.25, 0.3) is 5.57 Å². The number of rotatable bonds is 10. The maximum Gasteiger partial charge on any atom is 0.254 e. The summed E-state index contributed by atoms with van der Waals surface area (Å²) in [6, 6.07) is 15.3. The normalized spacial score (nSPS) is 15.4. The summed E-state index contributed by atoms with van der Waals surface area (Å²) in [6.07, 6.45) is 9.15. The van der Waals surface area contributed by atoms with Crippen molar-refractivity contribution in [1.29, 1.82) is 0 Å². The van der Waals surface area contributed by atoms with Crippen LogP contribution in [0, 0.1) is 0 Å². The third-order valence-corrected chi connectivity index (χ3v) is 12.3. The summed E-state index contributed by atoms with van der Waals surface area (Å²) in [5.41, 5.74) is 8.16. The Hall–Kier alpha value is -3.18. The van der Waals surface area contributed by atoms with Crippen LogP contribution in [-0.2, 0) is 0 Å². The lowest BCUT2D eigenvalue weighted by molar-refractivity contribution is -0.519. The van der Waals surface area contributed by atoms with E-state index in [0.29, 0.717) is 0 Å². The van der Waals surface area contributed by atoms with E-state index in [1.54, 1.807) is 0 Å². The molecule has 212 valence electrons. The van der Waals surface area contributed by atoms with Gasteiger partial charge < -0.3 is 9.80 Å². The van der Waals surface area contributed by atoms with Gasteiger partial charge in [0.15, 0.2) is 5.71 Å². The maximum absolute atomic E-state index is 13.8. The molecule has 40 heavy (non-hydrogen) atoms. The lowest BCUT2D eigenvalue weighted by Crippen LogP contribution is -2.50. The fourth-order valence-corrected chi connectivity index (χ4v) is 9.35. The zero-order valence-corrected chi connectivity index (χ0v) is 27.0. The highest BCUT2D eigenvalue weighted by Gasteiger charge is 2.41. The fourth-order valence-electron chi connectivity index (χ4n) is 6.28. The molecule has 0 spiro atoms. The van der Waals surface area contributed by atoms with Crippen LogP contribution in [0.15, 0.2) is 71.5 Å². The van der Waals surface area contributed by atoms with E-state index < -0.39 is 8.07 Å². The Morgan fingerprint density at radius 1 is 0.900 bits per heavy atom. The highest BCUT2D eigenvalue weighted by atomic mass is 28.3. The average Bonchev–Trinajstić information content (AvgIpc) is 2.97. The molecule has 0 saturated carbocycles. The second-order valence-electron chi connectivity index (χ2n) is 11.4. The number of amides is 1. The molecule has 1 aliphatic heterocycles. The minimum Gasteiger partial charge on any atom is -0.372 e. The fraction of sp³-hybridized carbons (Fsp3) is 0.429. The first-order valence-electron chi connectivity index (χ1n) is 15.2. The Bertz CT molecular complexity index is 1390. The third-order valence-electron chi connectivity index (χ3n) is 8.77. The summed E-state index contributed by atoms with van der Waals surface area (Å²) in [4.78, 5) is 18.1. The molecule has 1 heterocycles. The molecule has 0 aromatic heterocycles. The van der Waals surface area contributed by atoms with E-state index in [2.05, 4.69) is 106 Å². The maximum atomic E-state index is 13.8. The SMILES string of the molecule is CCCCN(C)C(=O)c1ccccc1C1=C2C=CC(=[N+](CC)CC)C=C2[Si](C)(C)c2cc(N(CC)CC)ccc21. The summed E-state index contributed by atoms with van der Waals surface area (Å²) in [6.45, 7) is 20.8. The first kappa shape index (κ1) is 29.8. The smallest absolute Gasteiger partial charge is 0.254 e. The third kappa shape index (κ3) is 5.41. The number of fused-ring (bicyclic) bond motifs is 2. The second-order valence-corrected chi connectivity index (χ2v) is 15.8. The van der Waals surface area contributed by atoms with Crippen LogP contribution in [0.2, 0.25) is 13.1 Å². The summed E-state index contributed by atoms with van der Waals surface area (Å²) in [7, 11) is -0.130. The monoisotopic (exact) mass is 554 g/mol. The topological polar surface area (TPSA) is 26.6 Å². The molecule has 1 aliphatic carbocycles. The molecular formula is C35H48N3OSi+. The van der Waals surface area contributed by atoms with Crippen LogP contribution in [0.1, 0.15) is 68.9 Å². The molecule has 0 unspecified atom stereocenters.